The maximum Gasteiger partial charge on any atom is 0.306 e. The number of rotatable bonds is 10. The lowest BCUT2D eigenvalue weighted by Gasteiger charge is -2.33. The summed E-state index contributed by atoms with van der Waals surface area (Å²) < 4.78 is 26.3. The molecule has 206 valence electrons. The number of carbonyl (C=O) groups excluding carboxylic acids is 1. The number of H-pyrrole nitrogens is 1. The van der Waals surface area contributed by atoms with Crippen LogP contribution in [0.3, 0.4) is 0 Å². The van der Waals surface area contributed by atoms with Crippen molar-refractivity contribution < 1.29 is 18.7 Å². The highest BCUT2D eigenvalue weighted by molar-refractivity contribution is 6.39. The lowest BCUT2D eigenvalue weighted by molar-refractivity contribution is -0.143. The van der Waals surface area contributed by atoms with E-state index >= 15 is 4.39 Å². The number of fused-ring (bicyclic) bond motifs is 2. The number of hydrogen-bond donors (Lipinski definition) is 1. The number of anilines is 1. The third-order valence-electron chi connectivity index (χ3n) is 8.17. The van der Waals surface area contributed by atoms with Crippen LogP contribution < -0.4 is 4.90 Å². The van der Waals surface area contributed by atoms with Crippen LogP contribution in [0.15, 0.2) is 36.4 Å². The van der Waals surface area contributed by atoms with Gasteiger partial charge in [0.1, 0.15) is 5.82 Å². The molecule has 2 saturated carbocycles. The van der Waals surface area contributed by atoms with Gasteiger partial charge in [0, 0.05) is 30.5 Å². The second-order valence-corrected chi connectivity index (χ2v) is 11.7. The SMILES string of the molecule is CCOC(=O)CCc1ccc(N2C[C@@H]3C[C@H]2C[C@H]3OCc2cc(-c3c(Cl)cc(C4CC4)cc3Cl)n[nH]2)c(F)c1. The number of piperidine rings is 1. The second kappa shape index (κ2) is 11.1. The molecular formula is C30H32Cl2FN3O3. The molecule has 3 fully saturated rings. The number of ether oxygens (including phenoxy) is 2. The van der Waals surface area contributed by atoms with Gasteiger partial charge in [-0.3, -0.25) is 9.89 Å². The number of carbonyl (C=O) groups is 1. The van der Waals surface area contributed by atoms with Crippen molar-refractivity contribution in [3.05, 3.63) is 69.1 Å². The first kappa shape index (κ1) is 26.6. The summed E-state index contributed by atoms with van der Waals surface area (Å²) in [5.41, 5.74) is 4.95. The molecule has 1 N–H and O–H groups in total. The average molecular weight is 573 g/mol. The Morgan fingerprint density at radius 3 is 2.62 bits per heavy atom. The molecule has 1 aromatic heterocycles. The minimum atomic E-state index is -0.258. The monoisotopic (exact) mass is 571 g/mol. The van der Waals surface area contributed by atoms with Gasteiger partial charge in [0.2, 0.25) is 0 Å². The van der Waals surface area contributed by atoms with Crippen molar-refractivity contribution in [3.8, 4) is 11.3 Å². The van der Waals surface area contributed by atoms with Crippen LogP contribution in [0.1, 0.15) is 61.8 Å². The summed E-state index contributed by atoms with van der Waals surface area (Å²) in [6, 6.07) is 11.5. The molecule has 6 rings (SSSR count). The fourth-order valence-corrected chi connectivity index (χ4v) is 6.77. The molecule has 2 heterocycles. The van der Waals surface area contributed by atoms with Crippen molar-refractivity contribution in [2.45, 2.75) is 70.1 Å². The Kier molecular flexibility index (Phi) is 7.58. The van der Waals surface area contributed by atoms with Gasteiger partial charge in [-0.1, -0.05) is 29.3 Å². The summed E-state index contributed by atoms with van der Waals surface area (Å²) in [5.74, 6) is 0.424. The van der Waals surface area contributed by atoms with E-state index in [1.807, 2.05) is 30.3 Å². The minimum Gasteiger partial charge on any atom is -0.466 e. The van der Waals surface area contributed by atoms with Crippen LogP contribution in [-0.2, 0) is 27.3 Å². The average Bonchev–Trinajstić information content (AvgIpc) is 3.34. The number of aryl methyl sites for hydroxylation is 1. The third kappa shape index (κ3) is 5.67. The molecule has 3 aliphatic rings. The summed E-state index contributed by atoms with van der Waals surface area (Å²) in [5, 5.41) is 8.75. The summed E-state index contributed by atoms with van der Waals surface area (Å²) in [7, 11) is 0. The largest absolute Gasteiger partial charge is 0.466 e. The van der Waals surface area contributed by atoms with Crippen molar-refractivity contribution >= 4 is 34.9 Å². The van der Waals surface area contributed by atoms with E-state index in [1.54, 1.807) is 13.0 Å². The van der Waals surface area contributed by atoms with Crippen molar-refractivity contribution in [2.24, 2.45) is 5.92 Å². The highest BCUT2D eigenvalue weighted by atomic mass is 35.5. The van der Waals surface area contributed by atoms with Gasteiger partial charge in [-0.15, -0.1) is 0 Å². The van der Waals surface area contributed by atoms with Gasteiger partial charge < -0.3 is 14.4 Å². The van der Waals surface area contributed by atoms with E-state index in [-0.39, 0.29) is 30.4 Å². The topological polar surface area (TPSA) is 67.4 Å². The van der Waals surface area contributed by atoms with Gasteiger partial charge in [0.25, 0.3) is 0 Å². The quantitative estimate of drug-likeness (QED) is 0.263. The van der Waals surface area contributed by atoms with E-state index in [1.165, 1.54) is 18.4 Å². The van der Waals surface area contributed by atoms with Crippen molar-refractivity contribution in [3.63, 3.8) is 0 Å². The molecule has 1 saturated heterocycles. The Bertz CT molecular complexity index is 1350. The van der Waals surface area contributed by atoms with Crippen LogP contribution in [0.2, 0.25) is 10.0 Å². The molecule has 2 aliphatic carbocycles. The number of aromatic nitrogens is 2. The Labute approximate surface area is 237 Å². The maximum absolute atomic E-state index is 15.0. The second-order valence-electron chi connectivity index (χ2n) is 10.9. The summed E-state index contributed by atoms with van der Waals surface area (Å²) in [6.45, 7) is 3.32. The molecule has 6 nitrogen and oxygen atoms in total. The van der Waals surface area contributed by atoms with Gasteiger partial charge >= 0.3 is 5.97 Å². The number of nitrogens with one attached hydrogen (secondary N) is 1. The van der Waals surface area contributed by atoms with Crippen LogP contribution in [0.4, 0.5) is 10.1 Å². The number of aromatic amines is 1. The third-order valence-corrected chi connectivity index (χ3v) is 8.77. The Morgan fingerprint density at radius 2 is 1.95 bits per heavy atom. The molecule has 0 unspecified atom stereocenters. The minimum absolute atomic E-state index is 0.120. The van der Waals surface area contributed by atoms with E-state index in [9.17, 15) is 4.79 Å². The predicted molar refractivity (Wildman–Crippen MR) is 150 cm³/mol. The molecule has 0 amide bonds. The molecule has 3 aromatic rings. The Balaban J connectivity index is 1.03. The fraction of sp³-hybridized carbons (Fsp3) is 0.467. The van der Waals surface area contributed by atoms with E-state index in [4.69, 9.17) is 32.7 Å². The van der Waals surface area contributed by atoms with Gasteiger partial charge in [-0.25, -0.2) is 4.39 Å². The molecular weight excluding hydrogens is 540 g/mol. The molecule has 3 atom stereocenters. The normalized spacial score (nSPS) is 22.1. The summed E-state index contributed by atoms with van der Waals surface area (Å²) in [4.78, 5) is 13.8. The maximum atomic E-state index is 15.0. The zero-order valence-electron chi connectivity index (χ0n) is 21.9. The first-order chi connectivity index (χ1) is 18.9. The summed E-state index contributed by atoms with van der Waals surface area (Å²) >= 11 is 13.2. The van der Waals surface area contributed by atoms with Gasteiger partial charge in [0.15, 0.2) is 0 Å². The fourth-order valence-electron chi connectivity index (χ4n) is 6.07. The molecule has 2 bridgehead atoms. The zero-order chi connectivity index (χ0) is 27.1. The van der Waals surface area contributed by atoms with Crippen LogP contribution in [0, 0.1) is 11.7 Å². The first-order valence-corrected chi connectivity index (χ1v) is 14.5. The number of benzene rings is 2. The number of halogens is 3. The Morgan fingerprint density at radius 1 is 1.15 bits per heavy atom. The smallest absolute Gasteiger partial charge is 0.306 e. The highest BCUT2D eigenvalue weighted by Gasteiger charge is 2.46. The van der Waals surface area contributed by atoms with Gasteiger partial charge in [-0.05, 0) is 86.4 Å². The Hall–Kier alpha value is -2.61. The van der Waals surface area contributed by atoms with Crippen LogP contribution in [0.5, 0.6) is 0 Å². The van der Waals surface area contributed by atoms with Gasteiger partial charge in [-0.2, -0.15) is 5.10 Å². The lowest BCUT2D eigenvalue weighted by atomic mass is 10.0. The number of hydrogen-bond acceptors (Lipinski definition) is 5. The molecule has 1 aliphatic heterocycles. The standard InChI is InChI=1S/C30H32Cl2FN3O3/c1-2-38-29(37)8-4-17-3-7-27(25(33)9-17)36-15-20-10-22(36)14-28(20)39-16-21-13-26(35-34-21)30-23(31)11-19(12-24(30)32)18-5-6-18/h3,7,9,11-13,18,20,22,28H,2,4-6,8,10,14-16H2,1H3,(H,34,35)/t20-,22-,28+/m0/s1. The zero-order valence-corrected chi connectivity index (χ0v) is 23.4. The van der Waals surface area contributed by atoms with Crippen LogP contribution in [0.25, 0.3) is 11.3 Å². The molecule has 2 aromatic carbocycles. The first-order valence-electron chi connectivity index (χ1n) is 13.8. The molecule has 0 spiro atoms. The molecule has 0 radical (unpaired) electrons. The molecule has 39 heavy (non-hydrogen) atoms. The van der Waals surface area contributed by atoms with Crippen LogP contribution in [-0.4, -0.2) is 41.5 Å². The van der Waals surface area contributed by atoms with Crippen molar-refractivity contribution in [1.29, 1.82) is 0 Å². The van der Waals surface area contributed by atoms with Gasteiger partial charge in [0.05, 0.1) is 46.4 Å². The number of nitrogens with zero attached hydrogens (tertiary/aromatic N) is 2. The summed E-state index contributed by atoms with van der Waals surface area (Å²) in [6.07, 6.45) is 5.07. The van der Waals surface area contributed by atoms with E-state index in [0.717, 1.165) is 36.2 Å². The predicted octanol–water partition coefficient (Wildman–Crippen LogP) is 7.08. The van der Waals surface area contributed by atoms with E-state index in [0.29, 0.717) is 52.9 Å². The van der Waals surface area contributed by atoms with E-state index < -0.39 is 0 Å². The number of esters is 1. The van der Waals surface area contributed by atoms with Crippen molar-refractivity contribution in [2.75, 3.05) is 18.1 Å². The molecule has 9 heteroatoms. The van der Waals surface area contributed by atoms with E-state index in [2.05, 4.69) is 15.1 Å². The highest BCUT2D eigenvalue weighted by Crippen LogP contribution is 2.45. The van der Waals surface area contributed by atoms with Crippen molar-refractivity contribution in [1.82, 2.24) is 10.2 Å². The lowest BCUT2D eigenvalue weighted by Crippen LogP contribution is -2.39. The van der Waals surface area contributed by atoms with Crippen LogP contribution >= 0.6 is 23.2 Å².